The summed E-state index contributed by atoms with van der Waals surface area (Å²) in [4.78, 5) is 32.4. The number of amidine groups is 2. The van der Waals surface area contributed by atoms with Gasteiger partial charge in [-0.1, -0.05) is 44.2 Å². The molecule has 0 aromatic heterocycles. The molecule has 2 atom stereocenters. The summed E-state index contributed by atoms with van der Waals surface area (Å²) in [5, 5.41) is 1.19. The van der Waals surface area contributed by atoms with Crippen LogP contribution < -0.4 is 0 Å². The van der Waals surface area contributed by atoms with Crippen LogP contribution in [0.15, 0.2) is 35.3 Å². The molecule has 25 heavy (non-hydrogen) atoms. The third kappa shape index (κ3) is 3.20. The maximum Gasteiger partial charge on any atom is 0.358 e. The Morgan fingerprint density at radius 3 is 2.52 bits per heavy atom. The number of benzene rings is 1. The van der Waals surface area contributed by atoms with Crippen molar-refractivity contribution in [2.24, 2.45) is 4.99 Å². The molecule has 2 aliphatic heterocycles. The van der Waals surface area contributed by atoms with E-state index in [-0.39, 0.29) is 11.9 Å². The predicted molar refractivity (Wildman–Crippen MR) is 99.9 cm³/mol. The van der Waals surface area contributed by atoms with Crippen molar-refractivity contribution in [1.29, 1.82) is 0 Å². The molecule has 1 fully saturated rings. The van der Waals surface area contributed by atoms with E-state index < -0.39 is 6.04 Å². The maximum absolute atomic E-state index is 12.8. The highest BCUT2D eigenvalue weighted by atomic mass is 32.2. The van der Waals surface area contributed by atoms with Gasteiger partial charge < -0.3 is 0 Å². The lowest BCUT2D eigenvalue weighted by molar-refractivity contribution is -0.548. The van der Waals surface area contributed by atoms with Crippen LogP contribution in [0.5, 0.6) is 0 Å². The molecule has 0 bridgehead atoms. The SMILES string of the molecule is CCC(C)SC1=[N+](Cc2ccccc2)C2C(=O)N(C)C(=O)N(C)C2=N1. The van der Waals surface area contributed by atoms with Crippen LogP contribution >= 0.6 is 11.8 Å². The van der Waals surface area contributed by atoms with Crippen molar-refractivity contribution in [3.05, 3.63) is 35.9 Å². The molecule has 0 N–H and O–H groups in total. The first kappa shape index (κ1) is 17.7. The van der Waals surface area contributed by atoms with E-state index in [0.717, 1.165) is 17.2 Å². The molecule has 132 valence electrons. The van der Waals surface area contributed by atoms with Gasteiger partial charge in [0.2, 0.25) is 0 Å². The number of likely N-dealkylation sites (N-methyl/N-ethyl adjacent to an activating group) is 2. The summed E-state index contributed by atoms with van der Waals surface area (Å²) in [5.74, 6) is 0.298. The highest BCUT2D eigenvalue weighted by Gasteiger charge is 2.53. The second kappa shape index (κ2) is 7.00. The van der Waals surface area contributed by atoms with Crippen molar-refractivity contribution in [3.63, 3.8) is 0 Å². The molecule has 0 aliphatic carbocycles. The fraction of sp³-hybridized carbons (Fsp3) is 0.444. The van der Waals surface area contributed by atoms with E-state index in [4.69, 9.17) is 0 Å². The second-order valence-corrected chi connectivity index (χ2v) is 7.75. The second-order valence-electron chi connectivity index (χ2n) is 6.34. The highest BCUT2D eigenvalue weighted by molar-refractivity contribution is 8.14. The summed E-state index contributed by atoms with van der Waals surface area (Å²) in [5.41, 5.74) is 1.11. The molecule has 0 radical (unpaired) electrons. The molecule has 2 aliphatic rings. The number of urea groups is 1. The highest BCUT2D eigenvalue weighted by Crippen LogP contribution is 2.27. The van der Waals surface area contributed by atoms with Gasteiger partial charge >= 0.3 is 11.2 Å². The number of hydrogen-bond acceptors (Lipinski definition) is 4. The van der Waals surface area contributed by atoms with Crippen molar-refractivity contribution in [2.75, 3.05) is 14.1 Å². The third-order valence-corrected chi connectivity index (χ3v) is 5.84. The van der Waals surface area contributed by atoms with Gasteiger partial charge in [-0.05, 0) is 28.7 Å². The summed E-state index contributed by atoms with van der Waals surface area (Å²) < 4.78 is 2.02. The number of fused-ring (bicyclic) bond motifs is 1. The smallest absolute Gasteiger partial charge is 0.269 e. The molecule has 6 nitrogen and oxygen atoms in total. The largest absolute Gasteiger partial charge is 0.358 e. The first-order valence-corrected chi connectivity index (χ1v) is 9.30. The summed E-state index contributed by atoms with van der Waals surface area (Å²) in [6, 6.07) is 9.14. The van der Waals surface area contributed by atoms with Crippen molar-refractivity contribution in [2.45, 2.75) is 38.1 Å². The first-order chi connectivity index (χ1) is 11.9. The number of hydrogen-bond donors (Lipinski definition) is 0. The number of imide groups is 1. The number of amides is 3. The van der Waals surface area contributed by atoms with Gasteiger partial charge in [0.1, 0.15) is 6.54 Å². The number of thioether (sulfide) groups is 1. The Morgan fingerprint density at radius 2 is 1.88 bits per heavy atom. The van der Waals surface area contributed by atoms with Crippen LogP contribution in [0.4, 0.5) is 4.79 Å². The molecule has 7 heteroatoms. The number of carbonyl (C=O) groups is 2. The van der Waals surface area contributed by atoms with Crippen LogP contribution in [-0.4, -0.2) is 62.7 Å². The van der Waals surface area contributed by atoms with Crippen LogP contribution in [0.25, 0.3) is 0 Å². The minimum Gasteiger partial charge on any atom is -0.269 e. The van der Waals surface area contributed by atoms with Gasteiger partial charge in [-0.3, -0.25) is 14.6 Å². The zero-order chi connectivity index (χ0) is 18.1. The van der Waals surface area contributed by atoms with Crippen LogP contribution in [0.3, 0.4) is 0 Å². The van der Waals surface area contributed by atoms with Gasteiger partial charge in [-0.25, -0.2) is 9.37 Å². The quantitative estimate of drug-likeness (QED) is 0.776. The first-order valence-electron chi connectivity index (χ1n) is 8.42. The summed E-state index contributed by atoms with van der Waals surface area (Å²) in [6.07, 6.45) is 1.01. The Morgan fingerprint density at radius 1 is 1.20 bits per heavy atom. The summed E-state index contributed by atoms with van der Waals surface area (Å²) >= 11 is 1.65. The monoisotopic (exact) mass is 359 g/mol. The van der Waals surface area contributed by atoms with Crippen molar-refractivity contribution < 1.29 is 14.2 Å². The van der Waals surface area contributed by atoms with Crippen LogP contribution in [0.1, 0.15) is 25.8 Å². The van der Waals surface area contributed by atoms with Crippen molar-refractivity contribution in [3.8, 4) is 0 Å². The zero-order valence-corrected chi connectivity index (χ0v) is 15.8. The summed E-state index contributed by atoms with van der Waals surface area (Å²) in [7, 11) is 3.20. The summed E-state index contributed by atoms with van der Waals surface area (Å²) in [6.45, 7) is 4.85. The van der Waals surface area contributed by atoms with Crippen LogP contribution in [0.2, 0.25) is 0 Å². The maximum atomic E-state index is 12.8. The van der Waals surface area contributed by atoms with E-state index in [1.54, 1.807) is 18.8 Å². The molecular formula is C18H23N4O2S+. The number of carbonyl (C=O) groups excluding carboxylic acids is 2. The third-order valence-electron chi connectivity index (χ3n) is 4.57. The molecule has 3 amide bonds. The van der Waals surface area contributed by atoms with Crippen molar-refractivity contribution in [1.82, 2.24) is 9.80 Å². The fourth-order valence-corrected chi connectivity index (χ4v) is 3.85. The molecular weight excluding hydrogens is 336 g/mol. The standard InChI is InChI=1S/C18H23N4O2S/c1-5-12(2)25-17-19-15-14(16(23)21(4)18(24)20(15)3)22(17)11-13-9-7-6-8-10-13/h6-10,12,14H,5,11H2,1-4H3/q+1. The van der Waals surface area contributed by atoms with Gasteiger partial charge in [-0.15, -0.1) is 0 Å². The molecule has 1 aromatic carbocycles. The number of rotatable bonds is 4. The molecule has 2 unspecified atom stereocenters. The average molecular weight is 359 g/mol. The number of aliphatic imine (C=N–C) groups is 1. The lowest BCUT2D eigenvalue weighted by Crippen LogP contribution is -2.61. The van der Waals surface area contributed by atoms with Gasteiger partial charge in [0.05, 0.1) is 0 Å². The van der Waals surface area contributed by atoms with Gasteiger partial charge in [-0.2, -0.15) is 0 Å². The van der Waals surface area contributed by atoms with E-state index in [9.17, 15) is 9.59 Å². The van der Waals surface area contributed by atoms with Gasteiger partial charge in [0, 0.05) is 19.3 Å². The Hall–Kier alpha value is -2.15. The predicted octanol–water partition coefficient (Wildman–Crippen LogP) is 2.39. The van der Waals surface area contributed by atoms with E-state index in [2.05, 4.69) is 18.8 Å². The van der Waals surface area contributed by atoms with Gasteiger partial charge in [0.15, 0.2) is 0 Å². The van der Waals surface area contributed by atoms with Crippen molar-refractivity contribution >= 4 is 34.7 Å². The Balaban J connectivity index is 2.01. The molecule has 3 rings (SSSR count). The van der Waals surface area contributed by atoms with E-state index in [1.165, 1.54) is 16.8 Å². The molecule has 1 saturated heterocycles. The zero-order valence-electron chi connectivity index (χ0n) is 15.0. The average Bonchev–Trinajstić information content (AvgIpc) is 2.97. The van der Waals surface area contributed by atoms with Crippen LogP contribution in [0, 0.1) is 0 Å². The lowest BCUT2D eigenvalue weighted by Gasteiger charge is -2.30. The lowest BCUT2D eigenvalue weighted by atomic mass is 10.1. The van der Waals surface area contributed by atoms with E-state index >= 15 is 0 Å². The van der Waals surface area contributed by atoms with Gasteiger partial charge in [0.25, 0.3) is 17.8 Å². The molecule has 2 heterocycles. The molecule has 0 saturated carbocycles. The Kier molecular flexibility index (Phi) is 4.94. The normalized spacial score (nSPS) is 21.6. The Labute approximate surface area is 152 Å². The minimum absolute atomic E-state index is 0.225. The topological polar surface area (TPSA) is 56.0 Å². The molecule has 0 spiro atoms. The van der Waals surface area contributed by atoms with E-state index in [1.807, 2.05) is 34.9 Å². The Bertz CT molecular complexity index is 760. The fourth-order valence-electron chi connectivity index (χ4n) is 2.87. The van der Waals surface area contributed by atoms with E-state index in [0.29, 0.717) is 17.6 Å². The number of nitrogens with zero attached hydrogens (tertiary/aromatic N) is 4. The van der Waals surface area contributed by atoms with Crippen LogP contribution in [-0.2, 0) is 11.3 Å². The minimum atomic E-state index is -0.542. The molecule has 1 aromatic rings.